The predicted molar refractivity (Wildman–Crippen MR) is 130 cm³/mol. The van der Waals surface area contributed by atoms with Crippen LogP contribution >= 0.6 is 24.0 Å². The first kappa shape index (κ1) is 26.5. The Morgan fingerprint density at radius 1 is 1.13 bits per heavy atom. The summed E-state index contributed by atoms with van der Waals surface area (Å²) in [4.78, 5) is 18.6. The molecule has 1 heterocycles. The zero-order chi connectivity index (χ0) is 20.7. The van der Waals surface area contributed by atoms with Gasteiger partial charge in [-0.15, -0.1) is 24.0 Å². The fourth-order valence-corrected chi connectivity index (χ4v) is 3.22. The van der Waals surface area contributed by atoms with Gasteiger partial charge in [-0.05, 0) is 63.3 Å². The van der Waals surface area contributed by atoms with Crippen LogP contribution in [0, 0.1) is 5.82 Å². The van der Waals surface area contributed by atoms with Crippen LogP contribution in [0.25, 0.3) is 0 Å². The molecule has 6 nitrogen and oxygen atoms in total. The average Bonchev–Trinajstić information content (AvgIpc) is 2.93. The number of hydrogen-bond acceptors (Lipinski definition) is 3. The number of halogens is 2. The molecular weight excluding hydrogens is 498 g/mol. The fraction of sp³-hybridized carbons (Fsp3) is 0.636. The summed E-state index contributed by atoms with van der Waals surface area (Å²) < 4.78 is 18.5. The van der Waals surface area contributed by atoms with Crippen LogP contribution in [0.15, 0.2) is 29.3 Å². The maximum atomic E-state index is 12.9. The van der Waals surface area contributed by atoms with E-state index < -0.39 is 0 Å². The van der Waals surface area contributed by atoms with Crippen molar-refractivity contribution in [3.63, 3.8) is 0 Å². The second-order valence-electron chi connectivity index (χ2n) is 7.24. The number of nitrogens with zero attached hydrogens (tertiary/aromatic N) is 2. The molecule has 1 aliphatic heterocycles. The summed E-state index contributed by atoms with van der Waals surface area (Å²) in [5.74, 6) is 1.54. The van der Waals surface area contributed by atoms with Crippen LogP contribution in [0.3, 0.4) is 0 Å². The molecule has 0 saturated carbocycles. The number of ether oxygens (including phenoxy) is 1. The molecule has 0 atom stereocenters. The van der Waals surface area contributed by atoms with Gasteiger partial charge in [-0.3, -0.25) is 9.79 Å². The Labute approximate surface area is 197 Å². The summed E-state index contributed by atoms with van der Waals surface area (Å²) >= 11 is 0. The predicted octanol–water partition coefficient (Wildman–Crippen LogP) is 3.95. The maximum absolute atomic E-state index is 12.9. The van der Waals surface area contributed by atoms with Gasteiger partial charge in [0.1, 0.15) is 11.6 Å². The summed E-state index contributed by atoms with van der Waals surface area (Å²) in [6.07, 6.45) is 6.73. The Morgan fingerprint density at radius 3 is 2.70 bits per heavy atom. The number of nitrogens with one attached hydrogen (secondary N) is 2. The number of carbonyl (C=O) groups is 1. The number of hydrogen-bond donors (Lipinski definition) is 2. The molecule has 0 spiro atoms. The number of likely N-dealkylation sites (tertiary alicyclic amines) is 1. The van der Waals surface area contributed by atoms with Gasteiger partial charge in [0, 0.05) is 39.1 Å². The lowest BCUT2D eigenvalue weighted by Gasteiger charge is -2.20. The van der Waals surface area contributed by atoms with Crippen LogP contribution in [-0.2, 0) is 4.79 Å². The van der Waals surface area contributed by atoms with Crippen molar-refractivity contribution in [3.05, 3.63) is 30.1 Å². The SMILES string of the molecule is CCNC(=NCCCN1CCCCCC1=O)NCCCCOc1ccc(F)cc1.I. The summed E-state index contributed by atoms with van der Waals surface area (Å²) in [5.41, 5.74) is 0. The quantitative estimate of drug-likeness (QED) is 0.195. The topological polar surface area (TPSA) is 66.0 Å². The van der Waals surface area contributed by atoms with E-state index in [4.69, 9.17) is 4.74 Å². The first-order chi connectivity index (χ1) is 14.2. The maximum Gasteiger partial charge on any atom is 0.222 e. The molecule has 8 heteroatoms. The van der Waals surface area contributed by atoms with Crippen molar-refractivity contribution in [2.45, 2.75) is 51.9 Å². The Morgan fingerprint density at radius 2 is 1.93 bits per heavy atom. The van der Waals surface area contributed by atoms with Crippen LogP contribution in [0.2, 0.25) is 0 Å². The molecule has 0 aromatic heterocycles. The zero-order valence-electron chi connectivity index (χ0n) is 18.0. The highest BCUT2D eigenvalue weighted by molar-refractivity contribution is 14.0. The lowest BCUT2D eigenvalue weighted by molar-refractivity contribution is -0.130. The number of benzene rings is 1. The number of carbonyl (C=O) groups excluding carboxylic acids is 1. The molecule has 0 radical (unpaired) electrons. The molecule has 30 heavy (non-hydrogen) atoms. The van der Waals surface area contributed by atoms with Gasteiger partial charge in [-0.25, -0.2) is 4.39 Å². The minimum Gasteiger partial charge on any atom is -0.494 e. The van der Waals surface area contributed by atoms with E-state index in [-0.39, 0.29) is 29.8 Å². The largest absolute Gasteiger partial charge is 0.494 e. The Bertz CT molecular complexity index is 628. The van der Waals surface area contributed by atoms with E-state index in [1.807, 2.05) is 11.8 Å². The van der Waals surface area contributed by atoms with Gasteiger partial charge in [0.15, 0.2) is 5.96 Å². The second kappa shape index (κ2) is 16.2. The Kier molecular flexibility index (Phi) is 14.2. The molecule has 1 fully saturated rings. The van der Waals surface area contributed by atoms with Gasteiger partial charge >= 0.3 is 0 Å². The van der Waals surface area contributed by atoms with Crippen molar-refractivity contribution in [2.75, 3.05) is 39.3 Å². The highest BCUT2D eigenvalue weighted by atomic mass is 127. The molecule has 1 aromatic rings. The number of rotatable bonds is 11. The molecular formula is C22H36FIN4O2. The van der Waals surface area contributed by atoms with Crippen LogP contribution in [0.4, 0.5) is 4.39 Å². The smallest absolute Gasteiger partial charge is 0.222 e. The minimum atomic E-state index is -0.255. The molecule has 0 bridgehead atoms. The van der Waals surface area contributed by atoms with E-state index in [0.717, 1.165) is 70.7 Å². The van der Waals surface area contributed by atoms with Crippen molar-refractivity contribution < 1.29 is 13.9 Å². The summed E-state index contributed by atoms with van der Waals surface area (Å²) in [5, 5.41) is 6.59. The number of guanidine groups is 1. The van der Waals surface area contributed by atoms with Crippen molar-refractivity contribution in [3.8, 4) is 5.75 Å². The van der Waals surface area contributed by atoms with E-state index in [1.165, 1.54) is 12.1 Å². The van der Waals surface area contributed by atoms with Gasteiger partial charge in [-0.2, -0.15) is 0 Å². The van der Waals surface area contributed by atoms with Crippen LogP contribution in [0.5, 0.6) is 5.75 Å². The fourth-order valence-electron chi connectivity index (χ4n) is 3.22. The highest BCUT2D eigenvalue weighted by Crippen LogP contribution is 2.12. The summed E-state index contributed by atoms with van der Waals surface area (Å²) in [6.45, 7) is 6.65. The molecule has 1 saturated heterocycles. The minimum absolute atomic E-state index is 0. The Balaban J connectivity index is 0.00000450. The molecule has 0 aliphatic carbocycles. The summed E-state index contributed by atoms with van der Waals surface area (Å²) in [7, 11) is 0. The monoisotopic (exact) mass is 534 g/mol. The average molecular weight is 534 g/mol. The van der Waals surface area contributed by atoms with Crippen LogP contribution in [0.1, 0.15) is 51.9 Å². The van der Waals surface area contributed by atoms with Crippen molar-refractivity contribution in [1.82, 2.24) is 15.5 Å². The Hall–Kier alpha value is -1.58. The number of aliphatic imine (C=N–C) groups is 1. The molecule has 1 amide bonds. The van der Waals surface area contributed by atoms with E-state index in [0.29, 0.717) is 31.2 Å². The van der Waals surface area contributed by atoms with Crippen molar-refractivity contribution >= 4 is 35.8 Å². The van der Waals surface area contributed by atoms with E-state index in [1.54, 1.807) is 12.1 Å². The molecule has 170 valence electrons. The lowest BCUT2D eigenvalue weighted by Crippen LogP contribution is -2.38. The third kappa shape index (κ3) is 11.0. The second-order valence-corrected chi connectivity index (χ2v) is 7.24. The first-order valence-corrected chi connectivity index (χ1v) is 10.9. The third-order valence-corrected chi connectivity index (χ3v) is 4.82. The van der Waals surface area contributed by atoms with Gasteiger partial charge in [0.25, 0.3) is 0 Å². The molecule has 2 rings (SSSR count). The van der Waals surface area contributed by atoms with Crippen molar-refractivity contribution in [2.24, 2.45) is 4.99 Å². The number of amides is 1. The standard InChI is InChI=1S/C22H35FN4O2.HI/c1-2-24-22(26-15-8-17-27-16-6-3-4-9-21(27)28)25-14-5-7-18-29-20-12-10-19(23)11-13-20;/h10-13H,2-9,14-18H2,1H3,(H2,24,25,26);1H. The summed E-state index contributed by atoms with van der Waals surface area (Å²) in [6, 6.07) is 6.09. The van der Waals surface area contributed by atoms with Crippen LogP contribution < -0.4 is 15.4 Å². The van der Waals surface area contributed by atoms with Crippen LogP contribution in [-0.4, -0.2) is 56.1 Å². The molecule has 2 N–H and O–H groups in total. The van der Waals surface area contributed by atoms with E-state index >= 15 is 0 Å². The highest BCUT2D eigenvalue weighted by Gasteiger charge is 2.15. The first-order valence-electron chi connectivity index (χ1n) is 10.9. The molecule has 1 aliphatic rings. The van der Waals surface area contributed by atoms with Gasteiger partial charge in [-0.1, -0.05) is 6.42 Å². The van der Waals surface area contributed by atoms with Crippen molar-refractivity contribution in [1.29, 1.82) is 0 Å². The van der Waals surface area contributed by atoms with Gasteiger partial charge in [0.05, 0.1) is 6.61 Å². The normalized spacial score (nSPS) is 14.7. The molecule has 1 aromatic carbocycles. The third-order valence-electron chi connectivity index (χ3n) is 4.82. The van der Waals surface area contributed by atoms with Gasteiger partial charge in [0.2, 0.25) is 5.91 Å². The van der Waals surface area contributed by atoms with Gasteiger partial charge < -0.3 is 20.3 Å². The molecule has 0 unspecified atom stereocenters. The number of unbranched alkanes of at least 4 members (excludes halogenated alkanes) is 1. The zero-order valence-corrected chi connectivity index (χ0v) is 20.3. The lowest BCUT2D eigenvalue weighted by atomic mass is 10.2. The van der Waals surface area contributed by atoms with E-state index in [9.17, 15) is 9.18 Å². The van der Waals surface area contributed by atoms with E-state index in [2.05, 4.69) is 15.6 Å².